The molecule has 4 heteroatoms. The number of aromatic nitrogens is 1. The minimum absolute atomic E-state index is 0.130. The van der Waals surface area contributed by atoms with Crippen LogP contribution in [-0.2, 0) is 12.8 Å². The van der Waals surface area contributed by atoms with Crippen molar-refractivity contribution in [3.05, 3.63) is 64.2 Å². The van der Waals surface area contributed by atoms with Gasteiger partial charge in [-0.25, -0.2) is 4.39 Å². The van der Waals surface area contributed by atoms with E-state index in [9.17, 15) is 9.50 Å². The van der Waals surface area contributed by atoms with E-state index in [-0.39, 0.29) is 17.0 Å². The van der Waals surface area contributed by atoms with Crippen LogP contribution in [0, 0.1) is 5.82 Å². The molecule has 2 rings (SSSR count). The van der Waals surface area contributed by atoms with Gasteiger partial charge in [0, 0.05) is 28.9 Å². The number of benzene rings is 1. The summed E-state index contributed by atoms with van der Waals surface area (Å²) >= 11 is 5.92. The molecule has 1 heterocycles. The molecule has 1 aromatic heterocycles. The van der Waals surface area contributed by atoms with Crippen LogP contribution in [0.25, 0.3) is 0 Å². The second-order valence-corrected chi connectivity index (χ2v) is 4.77. The van der Waals surface area contributed by atoms with Gasteiger partial charge in [0.1, 0.15) is 5.82 Å². The Balaban J connectivity index is 2.18. The lowest BCUT2D eigenvalue weighted by molar-refractivity contribution is 0.172. The predicted octanol–water partition coefficient (Wildman–Crippen LogP) is 3.71. The molecule has 0 amide bonds. The van der Waals surface area contributed by atoms with Crippen molar-refractivity contribution in [3.63, 3.8) is 0 Å². The molecule has 0 radical (unpaired) electrons. The van der Waals surface area contributed by atoms with E-state index in [2.05, 4.69) is 4.98 Å². The average Bonchev–Trinajstić information content (AvgIpc) is 2.39. The van der Waals surface area contributed by atoms with Crippen molar-refractivity contribution < 1.29 is 9.50 Å². The molecule has 19 heavy (non-hydrogen) atoms. The molecule has 1 atom stereocenters. The van der Waals surface area contributed by atoms with Gasteiger partial charge in [-0.3, -0.25) is 4.98 Å². The third-order valence-corrected chi connectivity index (χ3v) is 3.36. The number of aliphatic hydroxyl groups excluding tert-OH is 1. The Bertz CT molecular complexity index is 536. The summed E-state index contributed by atoms with van der Waals surface area (Å²) in [4.78, 5) is 4.25. The van der Waals surface area contributed by atoms with Crippen LogP contribution in [0.2, 0.25) is 5.02 Å². The van der Waals surface area contributed by atoms with Gasteiger partial charge >= 0.3 is 0 Å². The molecular formula is C15H15ClFNO. The van der Waals surface area contributed by atoms with Crippen LogP contribution in [-0.4, -0.2) is 10.1 Å². The predicted molar refractivity (Wildman–Crippen MR) is 73.7 cm³/mol. The summed E-state index contributed by atoms with van der Waals surface area (Å²) in [5.41, 5.74) is 1.97. The van der Waals surface area contributed by atoms with Crippen LogP contribution in [0.1, 0.15) is 29.8 Å². The average molecular weight is 280 g/mol. The Morgan fingerprint density at radius 1 is 1.32 bits per heavy atom. The number of pyridine rings is 1. The van der Waals surface area contributed by atoms with Crippen LogP contribution in [0.3, 0.4) is 0 Å². The van der Waals surface area contributed by atoms with Gasteiger partial charge in [-0.1, -0.05) is 30.7 Å². The van der Waals surface area contributed by atoms with E-state index in [0.717, 1.165) is 12.0 Å². The van der Waals surface area contributed by atoms with Crippen molar-refractivity contribution in [1.82, 2.24) is 4.98 Å². The largest absolute Gasteiger partial charge is 0.388 e. The van der Waals surface area contributed by atoms with Crippen LogP contribution in [0.4, 0.5) is 4.39 Å². The zero-order chi connectivity index (χ0) is 13.8. The Labute approximate surface area is 116 Å². The number of nitrogens with zero attached hydrogens (tertiary/aromatic N) is 1. The molecule has 0 saturated carbocycles. The lowest BCUT2D eigenvalue weighted by atomic mass is 10.0. The third kappa shape index (κ3) is 3.31. The summed E-state index contributed by atoms with van der Waals surface area (Å²) < 4.78 is 13.7. The van der Waals surface area contributed by atoms with Gasteiger partial charge in [0.15, 0.2) is 0 Å². The van der Waals surface area contributed by atoms with E-state index in [1.165, 1.54) is 12.1 Å². The Morgan fingerprint density at radius 3 is 2.68 bits per heavy atom. The summed E-state index contributed by atoms with van der Waals surface area (Å²) in [5.74, 6) is -0.495. The molecule has 0 bridgehead atoms. The summed E-state index contributed by atoms with van der Waals surface area (Å²) in [6, 6.07) is 8.17. The van der Waals surface area contributed by atoms with Gasteiger partial charge in [-0.05, 0) is 30.2 Å². The minimum atomic E-state index is -0.992. The van der Waals surface area contributed by atoms with Crippen LogP contribution in [0.5, 0.6) is 0 Å². The van der Waals surface area contributed by atoms with E-state index in [0.29, 0.717) is 5.69 Å². The molecule has 0 aliphatic rings. The van der Waals surface area contributed by atoms with E-state index in [1.54, 1.807) is 12.3 Å². The van der Waals surface area contributed by atoms with Crippen molar-refractivity contribution in [2.24, 2.45) is 0 Å². The Hall–Kier alpha value is -1.45. The quantitative estimate of drug-likeness (QED) is 0.925. The van der Waals surface area contributed by atoms with E-state index in [4.69, 9.17) is 11.6 Å². The van der Waals surface area contributed by atoms with Crippen molar-refractivity contribution in [1.29, 1.82) is 0 Å². The highest BCUT2D eigenvalue weighted by atomic mass is 35.5. The first-order valence-electron chi connectivity index (χ1n) is 6.17. The lowest BCUT2D eigenvalue weighted by Crippen LogP contribution is -2.06. The van der Waals surface area contributed by atoms with Crippen molar-refractivity contribution in [3.8, 4) is 0 Å². The smallest absolute Gasteiger partial charge is 0.130 e. The zero-order valence-corrected chi connectivity index (χ0v) is 11.4. The molecule has 2 aromatic rings. The normalized spacial score (nSPS) is 12.4. The van der Waals surface area contributed by atoms with Gasteiger partial charge in [0.05, 0.1) is 6.10 Å². The maximum Gasteiger partial charge on any atom is 0.130 e. The van der Waals surface area contributed by atoms with Gasteiger partial charge in [-0.2, -0.15) is 0 Å². The topological polar surface area (TPSA) is 33.1 Å². The van der Waals surface area contributed by atoms with Crippen LogP contribution in [0.15, 0.2) is 36.5 Å². The molecular weight excluding hydrogens is 265 g/mol. The molecule has 0 fully saturated rings. The molecule has 2 nitrogen and oxygen atoms in total. The highest BCUT2D eigenvalue weighted by Gasteiger charge is 2.17. The van der Waals surface area contributed by atoms with Crippen molar-refractivity contribution in [2.75, 3.05) is 0 Å². The standard InChI is InChI=1S/C15H15ClFNO/c1-2-10-6-7-11(18-9-10)8-14(19)15-12(16)4-3-5-13(15)17/h3-7,9,14,19H,2,8H2,1H3. The first-order valence-corrected chi connectivity index (χ1v) is 6.55. The molecule has 100 valence electrons. The number of rotatable bonds is 4. The van der Waals surface area contributed by atoms with Crippen molar-refractivity contribution in [2.45, 2.75) is 25.9 Å². The first-order chi connectivity index (χ1) is 9.11. The molecule has 1 aromatic carbocycles. The molecule has 0 aliphatic carbocycles. The van der Waals surface area contributed by atoms with E-state index >= 15 is 0 Å². The minimum Gasteiger partial charge on any atom is -0.388 e. The second-order valence-electron chi connectivity index (χ2n) is 4.37. The monoisotopic (exact) mass is 279 g/mol. The van der Waals surface area contributed by atoms with E-state index in [1.807, 2.05) is 19.1 Å². The molecule has 1 N–H and O–H groups in total. The fourth-order valence-electron chi connectivity index (χ4n) is 1.91. The number of hydrogen-bond acceptors (Lipinski definition) is 2. The molecule has 0 spiro atoms. The highest BCUT2D eigenvalue weighted by molar-refractivity contribution is 6.31. The summed E-state index contributed by atoms with van der Waals surface area (Å²) in [6.07, 6.45) is 1.93. The van der Waals surface area contributed by atoms with Gasteiger partial charge in [-0.15, -0.1) is 0 Å². The van der Waals surface area contributed by atoms with E-state index < -0.39 is 11.9 Å². The summed E-state index contributed by atoms with van der Waals surface area (Å²) in [5, 5.41) is 10.3. The fourth-order valence-corrected chi connectivity index (χ4v) is 2.20. The number of aryl methyl sites for hydroxylation is 1. The molecule has 0 saturated heterocycles. The van der Waals surface area contributed by atoms with Gasteiger partial charge < -0.3 is 5.11 Å². The van der Waals surface area contributed by atoms with Gasteiger partial charge in [0.2, 0.25) is 0 Å². The lowest BCUT2D eigenvalue weighted by Gasteiger charge is -2.13. The number of aliphatic hydroxyl groups is 1. The van der Waals surface area contributed by atoms with Crippen LogP contribution >= 0.6 is 11.6 Å². The molecule has 0 aliphatic heterocycles. The summed E-state index contributed by atoms with van der Waals surface area (Å²) in [7, 11) is 0. The SMILES string of the molecule is CCc1ccc(CC(O)c2c(F)cccc2Cl)nc1. The number of halogens is 2. The fraction of sp³-hybridized carbons (Fsp3) is 0.267. The zero-order valence-electron chi connectivity index (χ0n) is 10.6. The Kier molecular flexibility index (Phi) is 4.51. The van der Waals surface area contributed by atoms with Crippen molar-refractivity contribution >= 4 is 11.6 Å². The highest BCUT2D eigenvalue weighted by Crippen LogP contribution is 2.27. The maximum atomic E-state index is 13.7. The van der Waals surface area contributed by atoms with Crippen LogP contribution < -0.4 is 0 Å². The van der Waals surface area contributed by atoms with Gasteiger partial charge in [0.25, 0.3) is 0 Å². The first kappa shape index (κ1) is 14.0. The summed E-state index contributed by atoms with van der Waals surface area (Å²) in [6.45, 7) is 2.05. The third-order valence-electron chi connectivity index (χ3n) is 3.03. The Morgan fingerprint density at radius 2 is 2.11 bits per heavy atom. The molecule has 1 unspecified atom stereocenters. The maximum absolute atomic E-state index is 13.7. The second kappa shape index (κ2) is 6.13. The number of hydrogen-bond donors (Lipinski definition) is 1.